The first kappa shape index (κ1) is 24.4. The van der Waals surface area contributed by atoms with Gasteiger partial charge in [-0.05, 0) is 70.1 Å². The molecule has 188 valence electrons. The van der Waals surface area contributed by atoms with Gasteiger partial charge >= 0.3 is 0 Å². The number of rotatable bonds is 5. The van der Waals surface area contributed by atoms with Crippen molar-refractivity contribution in [2.45, 2.75) is 25.4 Å². The summed E-state index contributed by atoms with van der Waals surface area (Å²) in [5.41, 5.74) is 1.44. The van der Waals surface area contributed by atoms with Crippen LogP contribution in [0.2, 0.25) is 0 Å². The zero-order valence-electron chi connectivity index (χ0n) is 20.7. The molecule has 4 heterocycles. The second-order valence-electron chi connectivity index (χ2n) is 9.87. The molecule has 2 fully saturated rings. The van der Waals surface area contributed by atoms with E-state index in [-0.39, 0.29) is 17.2 Å². The summed E-state index contributed by atoms with van der Waals surface area (Å²) in [6.07, 6.45) is 3.51. The van der Waals surface area contributed by atoms with E-state index in [0.717, 1.165) is 31.3 Å². The molecule has 8 nitrogen and oxygen atoms in total. The number of aliphatic hydroxyl groups is 1. The Kier molecular flexibility index (Phi) is 6.75. The number of hydrogen-bond acceptors (Lipinski definition) is 8. The SMILES string of the molecule is CN1CCC([C@@](C)(O)c2ccc3cnc(Nc4cc(N5CCOCC5)c(C#N)cc4F)cc3n2)CC1. The van der Waals surface area contributed by atoms with Crippen LogP contribution in [-0.4, -0.2) is 66.4 Å². The van der Waals surface area contributed by atoms with E-state index in [4.69, 9.17) is 9.72 Å². The number of piperidine rings is 1. The molecule has 1 aromatic carbocycles. The highest BCUT2D eigenvalue weighted by atomic mass is 19.1. The molecule has 1 atom stereocenters. The fourth-order valence-corrected chi connectivity index (χ4v) is 5.10. The minimum Gasteiger partial charge on any atom is -0.384 e. The molecule has 9 heteroatoms. The monoisotopic (exact) mass is 490 g/mol. The minimum absolute atomic E-state index is 0.129. The summed E-state index contributed by atoms with van der Waals surface area (Å²) in [6.45, 7) is 6.15. The molecule has 2 aliphatic heterocycles. The molecule has 36 heavy (non-hydrogen) atoms. The predicted octanol–water partition coefficient (Wildman–Crippen LogP) is 3.77. The molecule has 0 aliphatic carbocycles. The van der Waals surface area contributed by atoms with Crippen LogP contribution < -0.4 is 10.2 Å². The van der Waals surface area contributed by atoms with Crippen LogP contribution in [0, 0.1) is 23.1 Å². The molecule has 0 radical (unpaired) electrons. The summed E-state index contributed by atoms with van der Waals surface area (Å²) in [5.74, 6) is 0.0319. The molecular formula is C27H31FN6O2. The topological polar surface area (TPSA) is 97.5 Å². The zero-order valence-corrected chi connectivity index (χ0v) is 20.7. The Hall–Kier alpha value is -3.32. The van der Waals surface area contributed by atoms with E-state index in [0.29, 0.717) is 49.0 Å². The molecule has 3 aromatic rings. The Morgan fingerprint density at radius 3 is 2.64 bits per heavy atom. The Morgan fingerprint density at radius 1 is 1.17 bits per heavy atom. The summed E-state index contributed by atoms with van der Waals surface area (Å²) in [7, 11) is 2.10. The second kappa shape index (κ2) is 9.97. The molecule has 2 aromatic heterocycles. The number of hydrogen-bond donors (Lipinski definition) is 2. The third-order valence-electron chi connectivity index (χ3n) is 7.43. The van der Waals surface area contributed by atoms with E-state index in [1.54, 1.807) is 18.3 Å². The third-order valence-corrected chi connectivity index (χ3v) is 7.43. The highest BCUT2D eigenvalue weighted by Gasteiger charge is 2.36. The number of pyridine rings is 2. The quantitative estimate of drug-likeness (QED) is 0.558. The van der Waals surface area contributed by atoms with Gasteiger partial charge in [-0.2, -0.15) is 5.26 Å². The van der Waals surface area contributed by atoms with E-state index >= 15 is 0 Å². The van der Waals surface area contributed by atoms with Gasteiger partial charge < -0.3 is 25.0 Å². The van der Waals surface area contributed by atoms with Crippen LogP contribution >= 0.6 is 0 Å². The molecule has 2 aliphatic rings. The van der Waals surface area contributed by atoms with Crippen molar-refractivity contribution in [2.24, 2.45) is 5.92 Å². The van der Waals surface area contributed by atoms with Crippen LogP contribution in [0.4, 0.5) is 21.6 Å². The highest BCUT2D eigenvalue weighted by Crippen LogP contribution is 2.36. The van der Waals surface area contributed by atoms with Crippen molar-refractivity contribution < 1.29 is 14.2 Å². The van der Waals surface area contributed by atoms with Gasteiger partial charge in [-0.15, -0.1) is 0 Å². The number of nitrogens with one attached hydrogen (secondary N) is 1. The van der Waals surface area contributed by atoms with E-state index in [9.17, 15) is 14.8 Å². The first-order valence-electron chi connectivity index (χ1n) is 12.4. The fraction of sp³-hybridized carbons (Fsp3) is 0.444. The Balaban J connectivity index is 1.43. The van der Waals surface area contributed by atoms with Crippen molar-refractivity contribution in [3.05, 3.63) is 53.6 Å². The molecular weight excluding hydrogens is 459 g/mol. The summed E-state index contributed by atoms with van der Waals surface area (Å²) in [4.78, 5) is 13.5. The first-order valence-corrected chi connectivity index (χ1v) is 12.4. The number of nitrogens with zero attached hydrogens (tertiary/aromatic N) is 5. The summed E-state index contributed by atoms with van der Waals surface area (Å²) >= 11 is 0. The lowest BCUT2D eigenvalue weighted by atomic mass is 9.79. The maximum Gasteiger partial charge on any atom is 0.148 e. The van der Waals surface area contributed by atoms with Gasteiger partial charge in [0.2, 0.25) is 0 Å². The fourth-order valence-electron chi connectivity index (χ4n) is 5.10. The normalized spacial score (nSPS) is 19.1. The molecule has 0 unspecified atom stereocenters. The van der Waals surface area contributed by atoms with Crippen LogP contribution in [0.25, 0.3) is 10.9 Å². The minimum atomic E-state index is -1.04. The van der Waals surface area contributed by atoms with Crippen LogP contribution in [0.15, 0.2) is 36.5 Å². The first-order chi connectivity index (χ1) is 17.3. The number of fused-ring (bicyclic) bond motifs is 1. The average molecular weight is 491 g/mol. The van der Waals surface area contributed by atoms with Crippen molar-refractivity contribution in [1.29, 1.82) is 5.26 Å². The number of ether oxygens (including phenoxy) is 1. The number of likely N-dealkylation sites (tertiary alicyclic amines) is 1. The van der Waals surface area contributed by atoms with E-state index in [2.05, 4.69) is 28.3 Å². The zero-order chi connectivity index (χ0) is 25.3. The van der Waals surface area contributed by atoms with E-state index in [1.807, 2.05) is 24.0 Å². The van der Waals surface area contributed by atoms with Gasteiger partial charge in [-0.1, -0.05) is 0 Å². The number of benzene rings is 1. The third kappa shape index (κ3) is 4.85. The number of morpholine rings is 1. The smallest absolute Gasteiger partial charge is 0.148 e. The number of anilines is 3. The largest absolute Gasteiger partial charge is 0.384 e. The number of nitriles is 1. The van der Waals surface area contributed by atoms with Gasteiger partial charge in [0.15, 0.2) is 0 Å². The van der Waals surface area contributed by atoms with Crippen LogP contribution in [0.3, 0.4) is 0 Å². The molecule has 0 amide bonds. The van der Waals surface area contributed by atoms with Crippen molar-refractivity contribution in [3.8, 4) is 6.07 Å². The maximum atomic E-state index is 14.9. The predicted molar refractivity (Wildman–Crippen MR) is 137 cm³/mol. The van der Waals surface area contributed by atoms with Gasteiger partial charge in [0.25, 0.3) is 0 Å². The molecule has 5 rings (SSSR count). The Morgan fingerprint density at radius 2 is 1.92 bits per heavy atom. The van der Waals surface area contributed by atoms with E-state index in [1.165, 1.54) is 6.07 Å². The van der Waals surface area contributed by atoms with Crippen LogP contribution in [0.1, 0.15) is 31.0 Å². The number of aromatic nitrogens is 2. The van der Waals surface area contributed by atoms with Crippen molar-refractivity contribution >= 4 is 28.1 Å². The second-order valence-corrected chi connectivity index (χ2v) is 9.87. The highest BCUT2D eigenvalue weighted by molar-refractivity contribution is 5.81. The summed E-state index contributed by atoms with van der Waals surface area (Å²) in [5, 5.41) is 24.8. The number of halogens is 1. The maximum absolute atomic E-state index is 14.9. The molecule has 2 N–H and O–H groups in total. The van der Waals surface area contributed by atoms with Crippen LogP contribution in [0.5, 0.6) is 0 Å². The summed E-state index contributed by atoms with van der Waals surface area (Å²) in [6, 6.07) is 10.5. The summed E-state index contributed by atoms with van der Waals surface area (Å²) < 4.78 is 20.3. The van der Waals surface area contributed by atoms with Gasteiger partial charge in [0, 0.05) is 30.7 Å². The molecule has 0 saturated carbocycles. The lowest BCUT2D eigenvalue weighted by Crippen LogP contribution is -2.41. The lowest BCUT2D eigenvalue weighted by molar-refractivity contribution is -0.0334. The van der Waals surface area contributed by atoms with E-state index < -0.39 is 11.4 Å². The Labute approximate surface area is 210 Å². The molecule has 2 saturated heterocycles. The molecule has 0 spiro atoms. The standard InChI is InChI=1S/C27H31FN6O2/c1-27(35,20-5-7-33(2)8-6-20)25-4-3-18-17-30-26(15-22(18)31-25)32-23-14-24(19(16-29)13-21(23)28)34-9-11-36-12-10-34/h3-4,13-15,17,20,35H,5-12H2,1-2H3,(H,30,32)/t27-/m1/s1. The van der Waals surface area contributed by atoms with Crippen LogP contribution in [-0.2, 0) is 10.3 Å². The van der Waals surface area contributed by atoms with Crippen molar-refractivity contribution in [3.63, 3.8) is 0 Å². The van der Waals surface area contributed by atoms with Crippen molar-refractivity contribution in [2.75, 3.05) is 56.7 Å². The van der Waals surface area contributed by atoms with Crippen molar-refractivity contribution in [1.82, 2.24) is 14.9 Å². The van der Waals surface area contributed by atoms with Gasteiger partial charge in [-0.25, -0.2) is 14.4 Å². The Bertz CT molecular complexity index is 1290. The van der Waals surface area contributed by atoms with Gasteiger partial charge in [0.1, 0.15) is 23.3 Å². The lowest BCUT2D eigenvalue weighted by Gasteiger charge is -2.38. The van der Waals surface area contributed by atoms with Gasteiger partial charge in [-0.3, -0.25) is 0 Å². The average Bonchev–Trinajstić information content (AvgIpc) is 2.90. The molecule has 0 bridgehead atoms. The van der Waals surface area contributed by atoms with Gasteiger partial charge in [0.05, 0.1) is 41.4 Å².